The summed E-state index contributed by atoms with van der Waals surface area (Å²) in [6, 6.07) is 0. The van der Waals surface area contributed by atoms with Crippen molar-refractivity contribution in [3.05, 3.63) is 179 Å². The predicted octanol–water partition coefficient (Wildman–Crippen LogP) is 28.7. The maximum Gasteiger partial charge on any atom is 0.119 e. The summed E-state index contributed by atoms with van der Waals surface area (Å²) in [6.07, 6.45) is 8.56. The highest BCUT2D eigenvalue weighted by Crippen LogP contribution is 2.46. The van der Waals surface area contributed by atoms with Crippen molar-refractivity contribution in [1.82, 2.24) is 0 Å². The number of aliphatic imine (C=N–C) groups is 2. The second-order valence-electron chi connectivity index (χ2n) is 28.4. The molecule has 0 saturated heterocycles. The van der Waals surface area contributed by atoms with E-state index in [4.69, 9.17) is 0 Å². The molecule has 0 aliphatic heterocycles. The molecule has 0 saturated carbocycles. The van der Waals surface area contributed by atoms with Gasteiger partial charge in [0.05, 0.1) is 0 Å². The fourth-order valence-electron chi connectivity index (χ4n) is 10.3. The number of nitrogens with zero attached hydrogens (tertiary/aromatic N) is 2. The van der Waals surface area contributed by atoms with Crippen LogP contribution in [0.1, 0.15) is 224 Å². The highest BCUT2D eigenvalue weighted by molar-refractivity contribution is 7.84. The van der Waals surface area contributed by atoms with Gasteiger partial charge in [0.15, 0.2) is 0 Å². The van der Waals surface area contributed by atoms with Crippen molar-refractivity contribution in [3.8, 4) is 0 Å². The molecule has 510 valence electrons. The normalized spacial score (nSPS) is 11.1. The van der Waals surface area contributed by atoms with Gasteiger partial charge >= 0.3 is 0 Å². The summed E-state index contributed by atoms with van der Waals surface area (Å²) in [5, 5.41) is 2.08. The third-order valence-corrected chi connectivity index (χ3v) is 33.6. The standard InChI is InChI=1S/2C13H20S.C12H19PS.2C12H16S.C10H16NPS.C10H13NS/c3*1-8(2)11-9(3)10(4)12(14-11)13(5,6)7;2*1-7(2)11-9(5)10(6)12(13-11)8(3)4;1-7-8(2)10(12(4,5)6)13-9(7)11-3;1-6(2)9-7(3)8(4)10(11-5)12-9/h2*1H2,2-7H3;1,5H2,2-4,6-7H3;2*1,3H2,2,4-6H3;3-4H2,1-2,5-6H3;1,5H2,2-4H3. The topological polar surface area (TPSA) is 24.7 Å². The lowest BCUT2D eigenvalue weighted by atomic mass is 9.90. The van der Waals surface area contributed by atoms with Gasteiger partial charge in [0.2, 0.25) is 0 Å². The molecule has 0 N–H and O–H groups in total. The van der Waals surface area contributed by atoms with Crippen LogP contribution in [0.4, 0.5) is 10.0 Å². The van der Waals surface area contributed by atoms with E-state index in [0.29, 0.717) is 0 Å². The predicted molar refractivity (Wildman–Crippen MR) is 461 cm³/mol. The number of rotatable bonds is 12. The van der Waals surface area contributed by atoms with Crippen LogP contribution < -0.4 is 9.24 Å². The molecule has 7 heterocycles. The minimum Gasteiger partial charge on any atom is -0.253 e. The highest BCUT2D eigenvalue weighted by atomic mass is 32.1. The molecule has 0 aromatic carbocycles. The van der Waals surface area contributed by atoms with Crippen LogP contribution in [-0.4, -0.2) is 52.7 Å². The highest BCUT2D eigenvalue weighted by Gasteiger charge is 2.24. The number of thiophene rings is 7. The Morgan fingerprint density at radius 1 is 0.269 bits per heavy atom. The Hall–Kier alpha value is -4.24. The zero-order valence-electron chi connectivity index (χ0n) is 64.1. The van der Waals surface area contributed by atoms with Crippen LogP contribution in [0.25, 0.3) is 44.6 Å². The van der Waals surface area contributed by atoms with E-state index in [-0.39, 0.29) is 10.8 Å². The van der Waals surface area contributed by atoms with Gasteiger partial charge in [0.1, 0.15) is 10.0 Å². The molecule has 0 radical (unpaired) electrons. The van der Waals surface area contributed by atoms with Gasteiger partial charge in [-0.25, -0.2) is 0 Å². The summed E-state index contributed by atoms with van der Waals surface area (Å²) < 4.78 is 2.92. The molecular weight excluding hydrogens is 1300 g/mol. The van der Waals surface area contributed by atoms with Gasteiger partial charge in [-0.05, 0) is 326 Å². The summed E-state index contributed by atoms with van der Waals surface area (Å²) >= 11 is 12.7. The Bertz CT molecular complexity index is 3850. The molecule has 11 heteroatoms. The van der Waals surface area contributed by atoms with Gasteiger partial charge in [0.25, 0.3) is 0 Å². The largest absolute Gasteiger partial charge is 0.253 e. The monoisotopic (exact) mass is 1420 g/mol. The second kappa shape index (κ2) is 35.3. The second-order valence-corrected chi connectivity index (χ2v) is 43.7. The van der Waals surface area contributed by atoms with Crippen LogP contribution in [0.15, 0.2) is 62.6 Å². The number of allylic oxidation sites excluding steroid dienone is 8. The summed E-state index contributed by atoms with van der Waals surface area (Å²) in [7, 11) is 0. The summed E-state index contributed by atoms with van der Waals surface area (Å²) in [4.78, 5) is 21.6. The van der Waals surface area contributed by atoms with Crippen LogP contribution in [0, 0.1) is 96.9 Å². The van der Waals surface area contributed by atoms with Crippen LogP contribution in [0.2, 0.25) is 0 Å². The van der Waals surface area contributed by atoms with Crippen molar-refractivity contribution in [2.45, 2.75) is 205 Å². The molecule has 0 unspecified atom stereocenters. The van der Waals surface area contributed by atoms with E-state index in [1.807, 2.05) is 40.9 Å². The minimum absolute atomic E-state index is 0.257. The quantitative estimate of drug-likeness (QED) is 0.0860. The van der Waals surface area contributed by atoms with E-state index in [2.05, 4.69) is 302 Å². The Labute approximate surface area is 598 Å². The smallest absolute Gasteiger partial charge is 0.119 e. The van der Waals surface area contributed by atoms with Crippen LogP contribution >= 0.6 is 93.1 Å². The molecule has 0 aliphatic carbocycles. The Balaban J connectivity index is 0.000000543. The average Bonchev–Trinajstić information content (AvgIpc) is 1.74. The first-order valence-electron chi connectivity index (χ1n) is 31.4. The van der Waals surface area contributed by atoms with Crippen molar-refractivity contribution in [3.63, 3.8) is 0 Å². The first-order chi connectivity index (χ1) is 42.1. The van der Waals surface area contributed by atoms with E-state index < -0.39 is 13.8 Å². The SMILES string of the molecule is C=C(C)c1sc(C(=C)C)c(C)c1C.C=C(C)c1sc(C(=C)C)c(C)c1C.C=C(C)c1sc(C(C)(C)C)c(C)c1C.C=C(C)c1sc(C(C)(C)C)c(C)c1C.C=C(C)c1sc(P(=C)(C)C)c(C)c1C.C=Nc1sc(C(=C)C)c(C)c1C.C=Nc1sc(P(=C)(C)C)c(C)c1C. The molecule has 0 fully saturated rings. The van der Waals surface area contributed by atoms with Crippen molar-refractivity contribution in [2.75, 3.05) is 26.7 Å². The maximum atomic E-state index is 4.31. The molecule has 0 aliphatic rings. The van der Waals surface area contributed by atoms with E-state index in [1.165, 1.54) is 153 Å². The first kappa shape index (κ1) is 86.8. The fraction of sp³-hybridized carbons (Fsp3) is 0.415. The lowest BCUT2D eigenvalue weighted by molar-refractivity contribution is 0.599. The molecule has 0 spiro atoms. The van der Waals surface area contributed by atoms with Gasteiger partial charge < -0.3 is 0 Å². The Morgan fingerprint density at radius 3 is 0.602 bits per heavy atom. The van der Waals surface area contributed by atoms with E-state index >= 15 is 0 Å². The van der Waals surface area contributed by atoms with Crippen molar-refractivity contribution < 1.29 is 0 Å². The van der Waals surface area contributed by atoms with Crippen molar-refractivity contribution in [1.29, 1.82) is 0 Å². The molecule has 0 atom stereocenters. The lowest BCUT2D eigenvalue weighted by Crippen LogP contribution is -2.10. The number of hydrogen-bond donors (Lipinski definition) is 0. The van der Waals surface area contributed by atoms with E-state index in [1.54, 1.807) is 45.3 Å². The number of hydrogen-bond acceptors (Lipinski definition) is 9. The van der Waals surface area contributed by atoms with Gasteiger partial charge in [-0.1, -0.05) is 121 Å². The maximum absolute atomic E-state index is 4.31. The Morgan fingerprint density at radius 2 is 0.452 bits per heavy atom. The molecule has 2 nitrogen and oxygen atoms in total. The first-order valence-corrected chi connectivity index (χ1v) is 42.8. The van der Waals surface area contributed by atoms with Crippen molar-refractivity contribution in [2.24, 2.45) is 9.98 Å². The zero-order chi connectivity index (χ0) is 73.1. The van der Waals surface area contributed by atoms with Gasteiger partial charge in [0, 0.05) is 58.0 Å². The van der Waals surface area contributed by atoms with Gasteiger partial charge in [-0.3, -0.25) is 9.98 Å². The molecule has 7 aromatic rings. The molecule has 93 heavy (non-hydrogen) atoms. The van der Waals surface area contributed by atoms with Crippen LogP contribution in [-0.2, 0) is 10.8 Å². The van der Waals surface area contributed by atoms with E-state index in [9.17, 15) is 0 Å². The van der Waals surface area contributed by atoms with Crippen molar-refractivity contribution >= 4 is 183 Å². The molecule has 0 amide bonds. The third-order valence-electron chi connectivity index (χ3n) is 15.9. The summed E-state index contributed by atoms with van der Waals surface area (Å²) in [5.74, 6) is 0. The summed E-state index contributed by atoms with van der Waals surface area (Å²) in [6.45, 7) is 106. The molecule has 7 rings (SSSR count). The zero-order valence-corrected chi connectivity index (χ0v) is 71.6. The lowest BCUT2D eigenvalue weighted by Gasteiger charge is -2.17. The van der Waals surface area contributed by atoms with Crippen LogP contribution in [0.5, 0.6) is 0 Å². The summed E-state index contributed by atoms with van der Waals surface area (Å²) in [5.41, 5.74) is 28.9. The average molecular weight is 1420 g/mol. The van der Waals surface area contributed by atoms with E-state index in [0.717, 1.165) is 37.9 Å². The van der Waals surface area contributed by atoms with Crippen LogP contribution in [0.3, 0.4) is 0 Å². The molecular formula is C82H120N2P2S7. The Kier molecular flexibility index (Phi) is 33.0. The fourth-order valence-corrected chi connectivity index (χ4v) is 22.7. The molecule has 7 aromatic heterocycles. The van der Waals surface area contributed by atoms with Gasteiger partial charge in [-0.2, -0.15) is 0 Å². The third kappa shape index (κ3) is 22.9. The van der Waals surface area contributed by atoms with Gasteiger partial charge in [-0.15, -0.1) is 79.4 Å². The molecule has 0 bridgehead atoms. The minimum atomic E-state index is -1.14.